The number of amides is 1. The second-order valence-corrected chi connectivity index (χ2v) is 7.58. The second kappa shape index (κ2) is 7.90. The van der Waals surface area contributed by atoms with Gasteiger partial charge in [0.15, 0.2) is 5.89 Å². The average molecular weight is 344 g/mol. The minimum absolute atomic E-state index is 0.0616. The average Bonchev–Trinajstić information content (AvgIpc) is 2.88. The van der Waals surface area contributed by atoms with Crippen LogP contribution in [-0.4, -0.2) is 30.0 Å². The van der Waals surface area contributed by atoms with Crippen molar-refractivity contribution in [3.63, 3.8) is 0 Å². The van der Waals surface area contributed by atoms with Crippen molar-refractivity contribution < 1.29 is 9.21 Å². The Labute approximate surface area is 149 Å². The minimum Gasteiger partial charge on any atom is -0.424 e. The van der Waals surface area contributed by atoms with Gasteiger partial charge in [0.2, 0.25) is 17.5 Å². The highest BCUT2D eigenvalue weighted by atomic mass is 16.4. The summed E-state index contributed by atoms with van der Waals surface area (Å²) in [5, 5.41) is 12.4. The standard InChI is InChI=1S/C19H28N4O2/c1-13-4-3-5-16(7-6-13)22-18(24)15-8-10-23(11-9-15)19-17(12-20)21-14(2)25-19/h13,15-16H,3-11H2,1-2H3,(H,22,24)/t13-,16+/m1/s1. The van der Waals surface area contributed by atoms with Crippen molar-refractivity contribution in [2.24, 2.45) is 11.8 Å². The highest BCUT2D eigenvalue weighted by molar-refractivity contribution is 5.79. The van der Waals surface area contributed by atoms with Gasteiger partial charge in [0.1, 0.15) is 6.07 Å². The van der Waals surface area contributed by atoms with Crippen LogP contribution < -0.4 is 10.2 Å². The fraction of sp³-hybridized carbons (Fsp3) is 0.737. The predicted molar refractivity (Wildman–Crippen MR) is 95.1 cm³/mol. The molecular formula is C19H28N4O2. The zero-order chi connectivity index (χ0) is 17.8. The number of anilines is 1. The maximum absolute atomic E-state index is 12.6. The molecule has 136 valence electrons. The van der Waals surface area contributed by atoms with Crippen molar-refractivity contribution >= 4 is 11.8 Å². The topological polar surface area (TPSA) is 82.2 Å². The Morgan fingerprint density at radius 3 is 2.72 bits per heavy atom. The fourth-order valence-electron chi connectivity index (χ4n) is 4.00. The minimum atomic E-state index is 0.0616. The van der Waals surface area contributed by atoms with E-state index in [1.54, 1.807) is 6.92 Å². The second-order valence-electron chi connectivity index (χ2n) is 7.58. The third-order valence-corrected chi connectivity index (χ3v) is 5.58. The molecule has 2 heterocycles. The first-order valence-electron chi connectivity index (χ1n) is 9.49. The van der Waals surface area contributed by atoms with E-state index in [-0.39, 0.29) is 11.8 Å². The number of nitriles is 1. The van der Waals surface area contributed by atoms with E-state index in [1.807, 2.05) is 4.90 Å². The summed E-state index contributed by atoms with van der Waals surface area (Å²) in [6.07, 6.45) is 7.51. The van der Waals surface area contributed by atoms with Crippen molar-refractivity contribution in [3.8, 4) is 6.07 Å². The number of oxazole rings is 1. The molecule has 2 atom stereocenters. The van der Waals surface area contributed by atoms with Crippen molar-refractivity contribution in [1.29, 1.82) is 5.26 Å². The van der Waals surface area contributed by atoms with Gasteiger partial charge in [0.05, 0.1) is 0 Å². The molecule has 1 saturated carbocycles. The van der Waals surface area contributed by atoms with Crippen molar-refractivity contribution in [1.82, 2.24) is 10.3 Å². The summed E-state index contributed by atoms with van der Waals surface area (Å²) in [5.74, 6) is 2.11. The number of piperidine rings is 1. The predicted octanol–water partition coefficient (Wildman–Crippen LogP) is 3.16. The van der Waals surface area contributed by atoms with E-state index in [2.05, 4.69) is 23.3 Å². The molecule has 1 aromatic rings. The SMILES string of the molecule is Cc1nc(C#N)c(N2CCC(C(=O)N[C@H]3CCC[C@@H](C)CC3)CC2)o1. The van der Waals surface area contributed by atoms with E-state index in [9.17, 15) is 4.79 Å². The van der Waals surface area contributed by atoms with Gasteiger partial charge in [0.25, 0.3) is 0 Å². The number of nitrogens with one attached hydrogen (secondary N) is 1. The van der Waals surface area contributed by atoms with Crippen LogP contribution in [0.1, 0.15) is 63.5 Å². The van der Waals surface area contributed by atoms with Crippen LogP contribution in [0, 0.1) is 30.1 Å². The lowest BCUT2D eigenvalue weighted by molar-refractivity contribution is -0.126. The zero-order valence-electron chi connectivity index (χ0n) is 15.3. The molecule has 1 N–H and O–H groups in total. The summed E-state index contributed by atoms with van der Waals surface area (Å²) in [4.78, 5) is 18.8. The number of hydrogen-bond donors (Lipinski definition) is 1. The molecule has 6 nitrogen and oxygen atoms in total. The molecule has 0 unspecified atom stereocenters. The van der Waals surface area contributed by atoms with Crippen molar-refractivity contribution in [3.05, 3.63) is 11.6 Å². The number of carbonyl (C=O) groups is 1. The molecule has 6 heteroatoms. The number of rotatable bonds is 3. The van der Waals surface area contributed by atoms with E-state index >= 15 is 0 Å². The lowest BCUT2D eigenvalue weighted by atomic mass is 9.95. The lowest BCUT2D eigenvalue weighted by Gasteiger charge is -2.31. The van der Waals surface area contributed by atoms with Crippen molar-refractivity contribution in [2.75, 3.05) is 18.0 Å². The Bertz CT molecular complexity index is 640. The van der Waals surface area contributed by atoms with Crippen LogP contribution in [-0.2, 0) is 4.79 Å². The number of aromatic nitrogens is 1. The highest BCUT2D eigenvalue weighted by Crippen LogP contribution is 2.28. The molecule has 0 aromatic carbocycles. The summed E-state index contributed by atoms with van der Waals surface area (Å²) in [6.45, 7) is 5.50. The van der Waals surface area contributed by atoms with Gasteiger partial charge in [-0.2, -0.15) is 5.26 Å². The van der Waals surface area contributed by atoms with Crippen LogP contribution in [0.25, 0.3) is 0 Å². The Kier molecular flexibility index (Phi) is 5.62. The fourth-order valence-corrected chi connectivity index (χ4v) is 4.00. The Balaban J connectivity index is 1.51. The molecule has 2 fully saturated rings. The molecule has 3 rings (SSSR count). The first kappa shape index (κ1) is 17.8. The van der Waals surface area contributed by atoms with Gasteiger partial charge < -0.3 is 14.6 Å². The van der Waals surface area contributed by atoms with E-state index in [1.165, 1.54) is 19.3 Å². The van der Waals surface area contributed by atoms with Crippen LogP contribution in [0.15, 0.2) is 4.42 Å². The summed E-state index contributed by atoms with van der Waals surface area (Å²) in [6, 6.07) is 2.43. The van der Waals surface area contributed by atoms with Crippen LogP contribution in [0.3, 0.4) is 0 Å². The first-order chi connectivity index (χ1) is 12.1. The summed E-state index contributed by atoms with van der Waals surface area (Å²) in [7, 11) is 0. The van der Waals surface area contributed by atoms with Gasteiger partial charge in [0, 0.05) is 32.0 Å². The third kappa shape index (κ3) is 4.33. The largest absolute Gasteiger partial charge is 0.424 e. The first-order valence-corrected chi connectivity index (χ1v) is 9.49. The normalized spacial score (nSPS) is 25.2. The number of hydrogen-bond acceptors (Lipinski definition) is 5. The van der Waals surface area contributed by atoms with Gasteiger partial charge in [-0.3, -0.25) is 4.79 Å². The maximum Gasteiger partial charge on any atom is 0.234 e. The summed E-state index contributed by atoms with van der Waals surface area (Å²) < 4.78 is 5.58. The molecule has 25 heavy (non-hydrogen) atoms. The molecule has 1 aliphatic carbocycles. The molecule has 2 aliphatic rings. The van der Waals surface area contributed by atoms with Gasteiger partial charge >= 0.3 is 0 Å². The zero-order valence-corrected chi connectivity index (χ0v) is 15.3. The van der Waals surface area contributed by atoms with E-state index in [4.69, 9.17) is 9.68 Å². The maximum atomic E-state index is 12.6. The summed E-state index contributed by atoms with van der Waals surface area (Å²) >= 11 is 0. The molecule has 1 saturated heterocycles. The van der Waals surface area contributed by atoms with E-state index in [0.29, 0.717) is 23.5 Å². The Morgan fingerprint density at radius 2 is 2.00 bits per heavy atom. The third-order valence-electron chi connectivity index (χ3n) is 5.58. The van der Waals surface area contributed by atoms with Crippen molar-refractivity contribution in [2.45, 2.75) is 64.8 Å². The quantitative estimate of drug-likeness (QED) is 0.852. The summed E-state index contributed by atoms with van der Waals surface area (Å²) in [5.41, 5.74) is 0.341. The monoisotopic (exact) mass is 344 g/mol. The number of nitrogens with zero attached hydrogens (tertiary/aromatic N) is 3. The van der Waals surface area contributed by atoms with E-state index < -0.39 is 0 Å². The van der Waals surface area contributed by atoms with Gasteiger partial charge in [-0.05, 0) is 38.0 Å². The Morgan fingerprint density at radius 1 is 1.24 bits per heavy atom. The van der Waals surface area contributed by atoms with E-state index in [0.717, 1.165) is 44.7 Å². The number of aryl methyl sites for hydroxylation is 1. The van der Waals surface area contributed by atoms with Gasteiger partial charge in [-0.1, -0.05) is 19.8 Å². The molecule has 0 spiro atoms. The lowest BCUT2D eigenvalue weighted by Crippen LogP contribution is -2.44. The van der Waals surface area contributed by atoms with Crippen LogP contribution in [0.2, 0.25) is 0 Å². The molecule has 1 aliphatic heterocycles. The Hall–Kier alpha value is -2.03. The highest BCUT2D eigenvalue weighted by Gasteiger charge is 2.29. The van der Waals surface area contributed by atoms with Gasteiger partial charge in [-0.15, -0.1) is 0 Å². The smallest absolute Gasteiger partial charge is 0.234 e. The molecule has 1 aromatic heterocycles. The van der Waals surface area contributed by atoms with Crippen LogP contribution in [0.4, 0.5) is 5.88 Å². The van der Waals surface area contributed by atoms with Crippen LogP contribution in [0.5, 0.6) is 0 Å². The molecular weight excluding hydrogens is 316 g/mol. The molecule has 0 bridgehead atoms. The molecule has 0 radical (unpaired) electrons. The van der Waals surface area contributed by atoms with Gasteiger partial charge in [-0.25, -0.2) is 4.98 Å². The number of carbonyl (C=O) groups excluding carboxylic acids is 1. The molecule has 1 amide bonds. The van der Waals surface area contributed by atoms with Crippen LogP contribution >= 0.6 is 0 Å².